The summed E-state index contributed by atoms with van der Waals surface area (Å²) in [5.74, 6) is 1.18. The second kappa shape index (κ2) is 6.55. The summed E-state index contributed by atoms with van der Waals surface area (Å²) in [6, 6.07) is 0. The number of rotatable bonds is 5. The highest BCUT2D eigenvalue weighted by molar-refractivity contribution is 5.86. The third-order valence-electron chi connectivity index (χ3n) is 3.63. The summed E-state index contributed by atoms with van der Waals surface area (Å²) in [5, 5.41) is 0. The van der Waals surface area contributed by atoms with Crippen LogP contribution in [0.4, 0.5) is 0 Å². The maximum Gasteiger partial charge on any atom is 0.242 e. The lowest BCUT2D eigenvalue weighted by Crippen LogP contribution is -2.57. The van der Waals surface area contributed by atoms with Crippen LogP contribution in [0.5, 0.6) is 0 Å². The zero-order chi connectivity index (χ0) is 13.8. The van der Waals surface area contributed by atoms with Crippen molar-refractivity contribution < 1.29 is 4.79 Å². The van der Waals surface area contributed by atoms with Gasteiger partial charge < -0.3 is 10.6 Å². The van der Waals surface area contributed by atoms with E-state index in [0.717, 1.165) is 38.8 Å². The Labute approximate surface area is 112 Å². The van der Waals surface area contributed by atoms with E-state index in [4.69, 9.17) is 5.73 Å². The van der Waals surface area contributed by atoms with Crippen LogP contribution in [0.15, 0.2) is 0 Å². The summed E-state index contributed by atoms with van der Waals surface area (Å²) in [5.41, 5.74) is 5.78. The lowest BCUT2D eigenvalue weighted by molar-refractivity contribution is -0.139. The Morgan fingerprint density at radius 2 is 1.50 bits per heavy atom. The Morgan fingerprint density at radius 1 is 1.06 bits per heavy atom. The quantitative estimate of drug-likeness (QED) is 0.820. The van der Waals surface area contributed by atoms with Crippen LogP contribution in [0, 0.1) is 11.8 Å². The first kappa shape index (κ1) is 15.5. The van der Waals surface area contributed by atoms with Crippen LogP contribution in [-0.4, -0.2) is 29.4 Å². The average molecular weight is 254 g/mol. The molecule has 0 atom stereocenters. The molecule has 0 heterocycles. The van der Waals surface area contributed by atoms with Gasteiger partial charge in [0.2, 0.25) is 5.91 Å². The van der Waals surface area contributed by atoms with Gasteiger partial charge in [0, 0.05) is 13.1 Å². The van der Waals surface area contributed by atoms with Gasteiger partial charge in [0.05, 0.1) is 5.54 Å². The molecule has 0 spiro atoms. The minimum atomic E-state index is -0.581. The highest BCUT2D eigenvalue weighted by atomic mass is 16.2. The average Bonchev–Trinajstić information content (AvgIpc) is 2.27. The summed E-state index contributed by atoms with van der Waals surface area (Å²) in [6.45, 7) is 10.3. The summed E-state index contributed by atoms with van der Waals surface area (Å²) >= 11 is 0. The third-order valence-corrected chi connectivity index (χ3v) is 3.63. The van der Waals surface area contributed by atoms with Gasteiger partial charge in [-0.2, -0.15) is 0 Å². The summed E-state index contributed by atoms with van der Waals surface area (Å²) in [7, 11) is 0. The van der Waals surface area contributed by atoms with Crippen molar-refractivity contribution in [3.05, 3.63) is 0 Å². The van der Waals surface area contributed by atoms with Crippen LogP contribution < -0.4 is 5.73 Å². The highest BCUT2D eigenvalue weighted by Crippen LogP contribution is 2.28. The van der Waals surface area contributed by atoms with Gasteiger partial charge >= 0.3 is 0 Å². The molecule has 18 heavy (non-hydrogen) atoms. The van der Waals surface area contributed by atoms with Crippen molar-refractivity contribution in [2.75, 3.05) is 13.1 Å². The molecule has 0 bridgehead atoms. The maximum atomic E-state index is 12.7. The number of nitrogens with zero attached hydrogens (tertiary/aromatic N) is 1. The van der Waals surface area contributed by atoms with Crippen molar-refractivity contribution >= 4 is 5.91 Å². The van der Waals surface area contributed by atoms with Crippen molar-refractivity contribution in [3.63, 3.8) is 0 Å². The molecular formula is C15H30N2O. The van der Waals surface area contributed by atoms with Crippen LogP contribution in [0.25, 0.3) is 0 Å². The lowest BCUT2D eigenvalue weighted by atomic mass is 9.81. The minimum absolute atomic E-state index is 0.185. The Bertz CT molecular complexity index is 258. The smallest absolute Gasteiger partial charge is 0.242 e. The molecule has 0 aliphatic heterocycles. The van der Waals surface area contributed by atoms with Gasteiger partial charge in [-0.25, -0.2) is 0 Å². The van der Waals surface area contributed by atoms with Crippen molar-refractivity contribution in [2.45, 2.75) is 65.3 Å². The van der Waals surface area contributed by atoms with Crippen LogP contribution >= 0.6 is 0 Å². The molecule has 106 valence electrons. The molecule has 0 aromatic carbocycles. The second-order valence-electron chi connectivity index (χ2n) is 6.71. The summed E-state index contributed by atoms with van der Waals surface area (Å²) in [4.78, 5) is 14.7. The minimum Gasteiger partial charge on any atom is -0.341 e. The lowest BCUT2D eigenvalue weighted by Gasteiger charge is -2.38. The van der Waals surface area contributed by atoms with Gasteiger partial charge in [0.1, 0.15) is 0 Å². The van der Waals surface area contributed by atoms with Gasteiger partial charge in [-0.15, -0.1) is 0 Å². The molecule has 0 unspecified atom stereocenters. The number of carbonyl (C=O) groups excluding carboxylic acids is 1. The number of nitrogens with two attached hydrogens (primary N) is 1. The Kier molecular flexibility index (Phi) is 5.64. The summed E-state index contributed by atoms with van der Waals surface area (Å²) in [6.07, 6.45) is 5.14. The molecule has 0 aromatic heterocycles. The fourth-order valence-corrected chi connectivity index (χ4v) is 2.83. The fraction of sp³-hybridized carbons (Fsp3) is 0.933. The van der Waals surface area contributed by atoms with Crippen molar-refractivity contribution in [1.29, 1.82) is 0 Å². The van der Waals surface area contributed by atoms with E-state index in [0.29, 0.717) is 11.8 Å². The van der Waals surface area contributed by atoms with Crippen LogP contribution in [0.3, 0.4) is 0 Å². The van der Waals surface area contributed by atoms with Crippen LogP contribution in [-0.2, 0) is 4.79 Å². The SMILES string of the molecule is CC(C)CN(CC(C)C)C(=O)C1(N)CCCCC1. The highest BCUT2D eigenvalue weighted by Gasteiger charge is 2.38. The number of amides is 1. The van der Waals surface area contributed by atoms with Gasteiger partial charge in [-0.1, -0.05) is 47.0 Å². The zero-order valence-corrected chi connectivity index (χ0v) is 12.5. The monoisotopic (exact) mass is 254 g/mol. The normalized spacial score (nSPS) is 19.3. The Hall–Kier alpha value is -0.570. The van der Waals surface area contributed by atoms with Gasteiger partial charge in [-0.3, -0.25) is 4.79 Å². The topological polar surface area (TPSA) is 46.3 Å². The van der Waals surface area contributed by atoms with E-state index >= 15 is 0 Å². The van der Waals surface area contributed by atoms with E-state index in [2.05, 4.69) is 27.7 Å². The molecule has 2 N–H and O–H groups in total. The van der Waals surface area contributed by atoms with Crippen molar-refractivity contribution in [1.82, 2.24) is 4.90 Å². The van der Waals surface area contributed by atoms with E-state index in [-0.39, 0.29) is 5.91 Å². The molecule has 3 nitrogen and oxygen atoms in total. The molecule has 1 saturated carbocycles. The molecule has 3 heteroatoms. The van der Waals surface area contributed by atoms with E-state index in [1.165, 1.54) is 6.42 Å². The first-order valence-electron chi connectivity index (χ1n) is 7.43. The Morgan fingerprint density at radius 3 is 1.89 bits per heavy atom. The van der Waals surface area contributed by atoms with E-state index < -0.39 is 5.54 Å². The first-order chi connectivity index (χ1) is 8.35. The van der Waals surface area contributed by atoms with Crippen LogP contribution in [0.1, 0.15) is 59.8 Å². The molecule has 0 aromatic rings. The largest absolute Gasteiger partial charge is 0.341 e. The number of hydrogen-bond acceptors (Lipinski definition) is 2. The fourth-order valence-electron chi connectivity index (χ4n) is 2.83. The number of carbonyl (C=O) groups is 1. The van der Waals surface area contributed by atoms with Gasteiger partial charge in [0.25, 0.3) is 0 Å². The van der Waals surface area contributed by atoms with Crippen LogP contribution in [0.2, 0.25) is 0 Å². The van der Waals surface area contributed by atoms with Gasteiger partial charge in [0.15, 0.2) is 0 Å². The molecular weight excluding hydrogens is 224 g/mol. The molecule has 1 aliphatic carbocycles. The van der Waals surface area contributed by atoms with E-state index in [1.807, 2.05) is 4.90 Å². The predicted molar refractivity (Wildman–Crippen MR) is 76.3 cm³/mol. The molecule has 0 radical (unpaired) electrons. The second-order valence-corrected chi connectivity index (χ2v) is 6.71. The molecule has 1 fully saturated rings. The Balaban J connectivity index is 2.73. The van der Waals surface area contributed by atoms with Gasteiger partial charge in [-0.05, 0) is 24.7 Å². The third kappa shape index (κ3) is 4.27. The zero-order valence-electron chi connectivity index (χ0n) is 12.5. The van der Waals surface area contributed by atoms with Crippen molar-refractivity contribution in [2.24, 2.45) is 17.6 Å². The standard InChI is InChI=1S/C15H30N2O/c1-12(2)10-17(11-13(3)4)14(18)15(16)8-6-5-7-9-15/h12-13H,5-11,16H2,1-4H3. The molecule has 1 aliphatic rings. The molecule has 1 amide bonds. The molecule has 1 rings (SSSR count). The van der Waals surface area contributed by atoms with E-state index in [9.17, 15) is 4.79 Å². The molecule has 0 saturated heterocycles. The predicted octanol–water partition coefficient (Wildman–Crippen LogP) is 2.79. The summed E-state index contributed by atoms with van der Waals surface area (Å²) < 4.78 is 0. The maximum absolute atomic E-state index is 12.7. The first-order valence-corrected chi connectivity index (χ1v) is 7.43. The van der Waals surface area contributed by atoms with Crippen molar-refractivity contribution in [3.8, 4) is 0 Å². The van der Waals surface area contributed by atoms with E-state index in [1.54, 1.807) is 0 Å². The number of hydrogen-bond donors (Lipinski definition) is 1.